The third-order valence-electron chi connectivity index (χ3n) is 3.57. The molecule has 1 heterocycles. The Morgan fingerprint density at radius 3 is 2.63 bits per heavy atom. The minimum atomic E-state index is -0.796. The fourth-order valence-electron chi connectivity index (χ4n) is 2.26. The highest BCUT2D eigenvalue weighted by Gasteiger charge is 2.40. The molecule has 1 saturated heterocycles. The number of rotatable bonds is 3. The largest absolute Gasteiger partial charge is 0.481 e. The van der Waals surface area contributed by atoms with Crippen molar-refractivity contribution >= 4 is 29.2 Å². The van der Waals surface area contributed by atoms with Crippen molar-refractivity contribution in [3.05, 3.63) is 28.8 Å². The van der Waals surface area contributed by atoms with Crippen molar-refractivity contribution in [2.45, 2.75) is 13.3 Å². The highest BCUT2D eigenvalue weighted by molar-refractivity contribution is 6.34. The van der Waals surface area contributed by atoms with Crippen LogP contribution in [0.1, 0.15) is 23.7 Å². The molecular formula is C13H15ClN2O3. The molecule has 1 atom stereocenters. The van der Waals surface area contributed by atoms with Gasteiger partial charge in [-0.15, -0.1) is 0 Å². The lowest BCUT2D eigenvalue weighted by Gasteiger charge is -2.22. The summed E-state index contributed by atoms with van der Waals surface area (Å²) in [6.45, 7) is 2.80. The van der Waals surface area contributed by atoms with Crippen LogP contribution < -0.4 is 10.6 Å². The van der Waals surface area contributed by atoms with E-state index < -0.39 is 17.3 Å². The molecule has 19 heavy (non-hydrogen) atoms. The van der Waals surface area contributed by atoms with Gasteiger partial charge in [0.05, 0.1) is 16.0 Å². The van der Waals surface area contributed by atoms with E-state index in [2.05, 4.69) is 0 Å². The van der Waals surface area contributed by atoms with Gasteiger partial charge in [-0.2, -0.15) is 0 Å². The van der Waals surface area contributed by atoms with Gasteiger partial charge in [0.2, 0.25) is 5.91 Å². The highest BCUT2D eigenvalue weighted by Crippen LogP contribution is 2.34. The number of aliphatic carboxylic acids is 1. The SMILES string of the molecule is CC1(C(=O)O)CCN(c2ccc(C(N)=O)c(Cl)c2)C1. The van der Waals surface area contributed by atoms with E-state index in [9.17, 15) is 14.7 Å². The third-order valence-corrected chi connectivity index (χ3v) is 3.89. The number of carbonyl (C=O) groups is 2. The van der Waals surface area contributed by atoms with Gasteiger partial charge in [-0.25, -0.2) is 0 Å². The number of primary amides is 1. The summed E-state index contributed by atoms with van der Waals surface area (Å²) in [5.74, 6) is -1.37. The van der Waals surface area contributed by atoms with Crippen molar-refractivity contribution < 1.29 is 14.7 Å². The number of hydrogen-bond donors (Lipinski definition) is 2. The summed E-state index contributed by atoms with van der Waals surface area (Å²) in [4.78, 5) is 24.2. The van der Waals surface area contributed by atoms with Crippen molar-refractivity contribution in [1.29, 1.82) is 0 Å². The van der Waals surface area contributed by atoms with Crippen molar-refractivity contribution in [1.82, 2.24) is 0 Å². The molecule has 1 aromatic rings. The van der Waals surface area contributed by atoms with E-state index >= 15 is 0 Å². The van der Waals surface area contributed by atoms with Crippen LogP contribution in [-0.4, -0.2) is 30.1 Å². The maximum Gasteiger partial charge on any atom is 0.311 e. The molecule has 1 amide bonds. The molecule has 3 N–H and O–H groups in total. The second-order valence-corrected chi connectivity index (χ2v) is 5.47. The van der Waals surface area contributed by atoms with Crippen molar-refractivity contribution in [2.75, 3.05) is 18.0 Å². The lowest BCUT2D eigenvalue weighted by Crippen LogP contribution is -2.31. The highest BCUT2D eigenvalue weighted by atomic mass is 35.5. The Bertz CT molecular complexity index is 547. The molecule has 6 heteroatoms. The van der Waals surface area contributed by atoms with E-state index in [4.69, 9.17) is 17.3 Å². The van der Waals surface area contributed by atoms with Crippen molar-refractivity contribution in [3.63, 3.8) is 0 Å². The van der Waals surface area contributed by atoms with Gasteiger partial charge in [0.25, 0.3) is 0 Å². The first-order valence-electron chi connectivity index (χ1n) is 5.91. The molecule has 102 valence electrons. The van der Waals surface area contributed by atoms with Crippen LogP contribution in [0.25, 0.3) is 0 Å². The van der Waals surface area contributed by atoms with Gasteiger partial charge in [-0.05, 0) is 31.5 Å². The third kappa shape index (κ3) is 2.51. The summed E-state index contributed by atoms with van der Waals surface area (Å²) in [7, 11) is 0. The molecule has 2 rings (SSSR count). The number of amides is 1. The van der Waals surface area contributed by atoms with E-state index in [-0.39, 0.29) is 10.6 Å². The Hall–Kier alpha value is -1.75. The second-order valence-electron chi connectivity index (χ2n) is 5.07. The number of halogens is 1. The van der Waals surface area contributed by atoms with Crippen LogP contribution in [0.3, 0.4) is 0 Å². The minimum absolute atomic E-state index is 0.269. The molecule has 5 nitrogen and oxygen atoms in total. The van der Waals surface area contributed by atoms with Crippen LogP contribution in [0.5, 0.6) is 0 Å². The maximum absolute atomic E-state index is 11.2. The molecule has 0 aliphatic carbocycles. The number of hydrogen-bond acceptors (Lipinski definition) is 3. The second kappa shape index (κ2) is 4.74. The molecule has 1 aromatic carbocycles. The predicted octanol–water partition coefficient (Wildman–Crippen LogP) is 1.74. The fraction of sp³-hybridized carbons (Fsp3) is 0.385. The van der Waals surface area contributed by atoms with Gasteiger partial charge in [-0.3, -0.25) is 9.59 Å². The zero-order valence-corrected chi connectivity index (χ0v) is 11.3. The maximum atomic E-state index is 11.2. The lowest BCUT2D eigenvalue weighted by molar-refractivity contribution is -0.146. The molecule has 1 unspecified atom stereocenters. The molecule has 0 saturated carbocycles. The van der Waals surface area contributed by atoms with E-state index in [1.807, 2.05) is 4.90 Å². The van der Waals surface area contributed by atoms with Crippen LogP contribution >= 0.6 is 11.6 Å². The van der Waals surface area contributed by atoms with Gasteiger partial charge in [0, 0.05) is 18.8 Å². The Kier molecular flexibility index (Phi) is 3.41. The number of anilines is 1. The van der Waals surface area contributed by atoms with Gasteiger partial charge in [0.15, 0.2) is 0 Å². The summed E-state index contributed by atoms with van der Waals surface area (Å²) in [6.07, 6.45) is 0.581. The lowest BCUT2D eigenvalue weighted by atomic mass is 9.90. The standard InChI is InChI=1S/C13H15ClN2O3/c1-13(12(18)19)4-5-16(7-13)8-2-3-9(11(15)17)10(14)6-8/h2-3,6H,4-5,7H2,1H3,(H2,15,17)(H,18,19). The number of nitrogens with two attached hydrogens (primary N) is 1. The average Bonchev–Trinajstić information content (AvgIpc) is 2.73. The number of carbonyl (C=O) groups excluding carboxylic acids is 1. The summed E-state index contributed by atoms with van der Waals surface area (Å²) in [6, 6.07) is 4.95. The summed E-state index contributed by atoms with van der Waals surface area (Å²) in [5, 5.41) is 9.48. The molecule has 1 fully saturated rings. The predicted molar refractivity (Wildman–Crippen MR) is 72.5 cm³/mol. The zero-order chi connectivity index (χ0) is 14.2. The quantitative estimate of drug-likeness (QED) is 0.884. The number of carboxylic acid groups (broad SMARTS) is 1. The molecule has 0 bridgehead atoms. The molecule has 0 aromatic heterocycles. The van der Waals surface area contributed by atoms with Crippen LogP contribution in [0, 0.1) is 5.41 Å². The molecular weight excluding hydrogens is 268 g/mol. The average molecular weight is 283 g/mol. The van der Waals surface area contributed by atoms with Crippen molar-refractivity contribution in [3.8, 4) is 0 Å². The molecule has 0 spiro atoms. The number of nitrogens with zero attached hydrogens (tertiary/aromatic N) is 1. The van der Waals surface area contributed by atoms with Crippen LogP contribution in [0.2, 0.25) is 5.02 Å². The Morgan fingerprint density at radius 1 is 1.47 bits per heavy atom. The smallest absolute Gasteiger partial charge is 0.311 e. The van der Waals surface area contributed by atoms with E-state index in [0.717, 1.165) is 5.69 Å². The number of carboxylic acids is 1. The first kappa shape index (κ1) is 13.7. The first-order valence-corrected chi connectivity index (χ1v) is 6.29. The normalized spacial score (nSPS) is 22.5. The van der Waals surface area contributed by atoms with Gasteiger partial charge in [-0.1, -0.05) is 11.6 Å². The zero-order valence-electron chi connectivity index (χ0n) is 10.5. The van der Waals surface area contributed by atoms with E-state index in [1.54, 1.807) is 25.1 Å². The Morgan fingerprint density at radius 2 is 2.16 bits per heavy atom. The van der Waals surface area contributed by atoms with Gasteiger partial charge < -0.3 is 15.7 Å². The minimum Gasteiger partial charge on any atom is -0.481 e. The van der Waals surface area contributed by atoms with Gasteiger partial charge >= 0.3 is 5.97 Å². The van der Waals surface area contributed by atoms with E-state index in [0.29, 0.717) is 19.5 Å². The summed E-state index contributed by atoms with van der Waals surface area (Å²) < 4.78 is 0. The first-order chi connectivity index (χ1) is 8.83. The van der Waals surface area contributed by atoms with E-state index in [1.165, 1.54) is 0 Å². The molecule has 1 aliphatic rings. The Labute approximate surface area is 116 Å². The van der Waals surface area contributed by atoms with Gasteiger partial charge in [0.1, 0.15) is 0 Å². The number of benzene rings is 1. The fourth-order valence-corrected chi connectivity index (χ4v) is 2.52. The molecule has 0 radical (unpaired) electrons. The molecule has 1 aliphatic heterocycles. The van der Waals surface area contributed by atoms with Crippen LogP contribution in [0.15, 0.2) is 18.2 Å². The summed E-state index contributed by atoms with van der Waals surface area (Å²) >= 11 is 5.99. The monoisotopic (exact) mass is 282 g/mol. The topological polar surface area (TPSA) is 83.6 Å². The van der Waals surface area contributed by atoms with Crippen LogP contribution in [-0.2, 0) is 4.79 Å². The van der Waals surface area contributed by atoms with Crippen LogP contribution in [0.4, 0.5) is 5.69 Å². The summed E-state index contributed by atoms with van der Waals surface area (Å²) in [5.41, 5.74) is 5.52. The Balaban J connectivity index is 2.23. The van der Waals surface area contributed by atoms with Crippen molar-refractivity contribution in [2.24, 2.45) is 11.1 Å².